The molecule has 2 N–H and O–H groups in total. The minimum absolute atomic E-state index is 0.0381. The van der Waals surface area contributed by atoms with Gasteiger partial charge in [0.2, 0.25) is 5.91 Å². The van der Waals surface area contributed by atoms with E-state index in [0.29, 0.717) is 0 Å². The molecular formula is C17H24N2OS. The lowest BCUT2D eigenvalue weighted by Gasteiger charge is -2.25. The van der Waals surface area contributed by atoms with E-state index in [1.54, 1.807) is 0 Å². The van der Waals surface area contributed by atoms with Gasteiger partial charge in [0.05, 0.1) is 12.1 Å². The van der Waals surface area contributed by atoms with Gasteiger partial charge >= 0.3 is 0 Å². The third kappa shape index (κ3) is 3.61. The van der Waals surface area contributed by atoms with Crippen LogP contribution in [0.2, 0.25) is 0 Å². The molecule has 0 spiro atoms. The fourth-order valence-corrected chi connectivity index (χ4v) is 4.09. The van der Waals surface area contributed by atoms with E-state index in [1.165, 1.54) is 42.4 Å². The lowest BCUT2D eigenvalue weighted by atomic mass is 9.89. The van der Waals surface area contributed by atoms with Crippen molar-refractivity contribution in [1.82, 2.24) is 10.6 Å². The zero-order valence-electron chi connectivity index (χ0n) is 12.7. The molecule has 1 aliphatic heterocycles. The molecule has 1 aromatic carbocycles. The zero-order chi connectivity index (χ0) is 14.7. The van der Waals surface area contributed by atoms with Crippen LogP contribution in [0.1, 0.15) is 42.5 Å². The van der Waals surface area contributed by atoms with Crippen molar-refractivity contribution in [3.05, 3.63) is 34.9 Å². The smallest absolute Gasteiger partial charge is 0.238 e. The van der Waals surface area contributed by atoms with Crippen molar-refractivity contribution >= 4 is 17.7 Å². The van der Waals surface area contributed by atoms with Crippen LogP contribution in [0, 0.1) is 0 Å². The molecule has 1 aliphatic carbocycles. The maximum Gasteiger partial charge on any atom is 0.238 e. The van der Waals surface area contributed by atoms with E-state index in [0.717, 1.165) is 18.1 Å². The summed E-state index contributed by atoms with van der Waals surface area (Å²) < 4.78 is 0. The van der Waals surface area contributed by atoms with Crippen LogP contribution < -0.4 is 10.6 Å². The van der Waals surface area contributed by atoms with Crippen molar-refractivity contribution in [3.63, 3.8) is 0 Å². The largest absolute Gasteiger partial charge is 0.348 e. The lowest BCUT2D eigenvalue weighted by Crippen LogP contribution is -2.49. The fourth-order valence-electron chi connectivity index (χ4n) is 3.15. The quantitative estimate of drug-likeness (QED) is 0.901. The van der Waals surface area contributed by atoms with Crippen molar-refractivity contribution in [2.75, 3.05) is 18.1 Å². The molecule has 1 heterocycles. The predicted octanol–water partition coefficient (Wildman–Crippen LogP) is 2.45. The maximum atomic E-state index is 12.3. The molecule has 2 atom stereocenters. The Morgan fingerprint density at radius 2 is 2.14 bits per heavy atom. The molecule has 21 heavy (non-hydrogen) atoms. The van der Waals surface area contributed by atoms with Crippen LogP contribution in [-0.2, 0) is 17.6 Å². The summed E-state index contributed by atoms with van der Waals surface area (Å²) in [5.41, 5.74) is 4.20. The summed E-state index contributed by atoms with van der Waals surface area (Å²) in [5, 5.41) is 6.45. The average molecular weight is 304 g/mol. The van der Waals surface area contributed by atoms with Crippen LogP contribution in [-0.4, -0.2) is 30.0 Å². The molecule has 0 radical (unpaired) electrons. The highest BCUT2D eigenvalue weighted by molar-refractivity contribution is 7.99. The number of carbonyl (C=O) groups is 1. The summed E-state index contributed by atoms with van der Waals surface area (Å²) in [6, 6.07) is 6.77. The van der Waals surface area contributed by atoms with Crippen LogP contribution in [0.25, 0.3) is 0 Å². The van der Waals surface area contributed by atoms with Gasteiger partial charge in [0.1, 0.15) is 0 Å². The highest BCUT2D eigenvalue weighted by Gasteiger charge is 2.22. The second-order valence-corrected chi connectivity index (χ2v) is 7.20. The van der Waals surface area contributed by atoms with Gasteiger partial charge in [0.15, 0.2) is 0 Å². The van der Waals surface area contributed by atoms with Crippen LogP contribution in [0.4, 0.5) is 0 Å². The van der Waals surface area contributed by atoms with E-state index < -0.39 is 0 Å². The molecule has 3 nitrogen and oxygen atoms in total. The molecule has 3 rings (SSSR count). The van der Waals surface area contributed by atoms with Gasteiger partial charge in [-0.2, -0.15) is 11.8 Å². The molecule has 2 aliphatic rings. The fraction of sp³-hybridized carbons (Fsp3) is 0.588. The number of fused-ring (bicyclic) bond motifs is 1. The Hall–Kier alpha value is -1.00. The van der Waals surface area contributed by atoms with Gasteiger partial charge in [-0.25, -0.2) is 0 Å². The van der Waals surface area contributed by atoms with Gasteiger partial charge in [-0.1, -0.05) is 18.2 Å². The van der Waals surface area contributed by atoms with Crippen LogP contribution in [0.15, 0.2) is 18.2 Å². The highest BCUT2D eigenvalue weighted by atomic mass is 32.2. The van der Waals surface area contributed by atoms with Gasteiger partial charge in [-0.3, -0.25) is 4.79 Å². The van der Waals surface area contributed by atoms with Crippen molar-refractivity contribution in [3.8, 4) is 0 Å². The van der Waals surface area contributed by atoms with Crippen molar-refractivity contribution < 1.29 is 4.79 Å². The molecule has 1 fully saturated rings. The standard InChI is InChI=1S/C17H24N2OS/c1-12(19-17(20)16-11-21-9-8-18-16)14-7-6-13-4-2-3-5-15(13)10-14/h6-7,10,12,16,18H,2-5,8-9,11H2,1H3,(H,19,20). The third-order valence-corrected chi connectivity index (χ3v) is 5.53. The van der Waals surface area contributed by atoms with Crippen molar-refractivity contribution in [1.29, 1.82) is 0 Å². The number of amides is 1. The minimum atomic E-state index is -0.0381. The van der Waals surface area contributed by atoms with Crippen LogP contribution in [0.5, 0.6) is 0 Å². The SMILES string of the molecule is CC(NC(=O)C1CSCCN1)c1ccc2c(c1)CCCC2. The monoisotopic (exact) mass is 304 g/mol. The predicted molar refractivity (Wildman–Crippen MR) is 88.8 cm³/mol. The Kier molecular flexibility index (Phi) is 4.86. The van der Waals surface area contributed by atoms with Gasteiger partial charge < -0.3 is 10.6 Å². The molecule has 1 amide bonds. The Morgan fingerprint density at radius 3 is 2.90 bits per heavy atom. The summed E-state index contributed by atoms with van der Waals surface area (Å²) in [6.45, 7) is 3.01. The lowest BCUT2D eigenvalue weighted by molar-refractivity contribution is -0.123. The van der Waals surface area contributed by atoms with E-state index in [9.17, 15) is 4.79 Å². The number of hydrogen-bond donors (Lipinski definition) is 2. The topological polar surface area (TPSA) is 41.1 Å². The molecule has 0 aromatic heterocycles. The molecule has 1 aromatic rings. The maximum absolute atomic E-state index is 12.3. The first-order valence-electron chi connectivity index (χ1n) is 7.97. The second-order valence-electron chi connectivity index (χ2n) is 6.05. The first-order valence-corrected chi connectivity index (χ1v) is 9.13. The Morgan fingerprint density at radius 1 is 1.33 bits per heavy atom. The number of thioether (sulfide) groups is 1. The van der Waals surface area contributed by atoms with E-state index in [4.69, 9.17) is 0 Å². The highest BCUT2D eigenvalue weighted by Crippen LogP contribution is 2.24. The molecule has 1 saturated heterocycles. The number of hydrogen-bond acceptors (Lipinski definition) is 3. The molecule has 114 valence electrons. The van der Waals surface area contributed by atoms with Crippen LogP contribution >= 0.6 is 11.8 Å². The summed E-state index contributed by atoms with van der Waals surface area (Å²) in [4.78, 5) is 12.3. The normalized spacial score (nSPS) is 23.2. The summed E-state index contributed by atoms with van der Waals surface area (Å²) in [7, 11) is 0. The van der Waals surface area contributed by atoms with Gasteiger partial charge in [0.25, 0.3) is 0 Å². The Balaban J connectivity index is 1.64. The average Bonchev–Trinajstić information content (AvgIpc) is 2.55. The second kappa shape index (κ2) is 6.84. The van der Waals surface area contributed by atoms with Crippen molar-refractivity contribution in [2.24, 2.45) is 0 Å². The Labute approximate surface area is 131 Å². The van der Waals surface area contributed by atoms with Gasteiger partial charge in [-0.15, -0.1) is 0 Å². The van der Waals surface area contributed by atoms with E-state index in [1.807, 2.05) is 11.8 Å². The van der Waals surface area contributed by atoms with Crippen LogP contribution in [0.3, 0.4) is 0 Å². The number of nitrogens with one attached hydrogen (secondary N) is 2. The van der Waals surface area contributed by atoms with Gasteiger partial charge in [-0.05, 0) is 49.3 Å². The first-order chi connectivity index (χ1) is 10.2. The van der Waals surface area contributed by atoms with E-state index in [2.05, 4.69) is 35.8 Å². The molecular weight excluding hydrogens is 280 g/mol. The number of rotatable bonds is 3. The first kappa shape index (κ1) is 14.9. The summed E-state index contributed by atoms with van der Waals surface area (Å²) in [6.07, 6.45) is 4.99. The summed E-state index contributed by atoms with van der Waals surface area (Å²) in [5.74, 6) is 2.11. The molecule has 2 unspecified atom stereocenters. The third-order valence-electron chi connectivity index (χ3n) is 4.47. The van der Waals surface area contributed by atoms with Gasteiger partial charge in [0, 0.05) is 18.1 Å². The number of carbonyl (C=O) groups excluding carboxylic acids is 1. The number of aryl methyl sites for hydroxylation is 2. The number of benzene rings is 1. The Bertz CT molecular complexity index is 512. The zero-order valence-corrected chi connectivity index (χ0v) is 13.5. The van der Waals surface area contributed by atoms with E-state index >= 15 is 0 Å². The molecule has 0 bridgehead atoms. The summed E-state index contributed by atoms with van der Waals surface area (Å²) >= 11 is 1.85. The molecule has 0 saturated carbocycles. The van der Waals surface area contributed by atoms with Crippen molar-refractivity contribution in [2.45, 2.75) is 44.7 Å². The van der Waals surface area contributed by atoms with E-state index in [-0.39, 0.29) is 18.0 Å². The minimum Gasteiger partial charge on any atom is -0.348 e. The molecule has 4 heteroatoms.